The maximum absolute atomic E-state index is 14.4. The third-order valence-electron chi connectivity index (χ3n) is 5.47. The monoisotopic (exact) mass is 406 g/mol. The van der Waals surface area contributed by atoms with Gasteiger partial charge in [0.1, 0.15) is 12.4 Å². The van der Waals surface area contributed by atoms with E-state index in [1.54, 1.807) is 13.8 Å². The van der Waals surface area contributed by atoms with Gasteiger partial charge in [0.25, 0.3) is 10.0 Å². The molecule has 6 nitrogen and oxygen atoms in total. The first-order valence-electron chi connectivity index (χ1n) is 8.88. The van der Waals surface area contributed by atoms with Gasteiger partial charge >= 0.3 is 6.09 Å². The van der Waals surface area contributed by atoms with E-state index in [-0.39, 0.29) is 17.2 Å². The number of hydrogen-bond donors (Lipinski definition) is 1. The molecular formula is C20H23FN2O4S. The summed E-state index contributed by atoms with van der Waals surface area (Å²) in [5.74, 6) is -0.726. The van der Waals surface area contributed by atoms with E-state index in [9.17, 15) is 17.6 Å². The van der Waals surface area contributed by atoms with Crippen LogP contribution in [-0.4, -0.2) is 27.7 Å². The second-order valence-corrected chi connectivity index (χ2v) is 8.61. The highest BCUT2D eigenvalue weighted by atomic mass is 32.2. The van der Waals surface area contributed by atoms with E-state index in [1.807, 2.05) is 20.8 Å². The lowest BCUT2D eigenvalue weighted by molar-refractivity contribution is 0.181. The highest BCUT2D eigenvalue weighted by Gasteiger charge is 2.27. The van der Waals surface area contributed by atoms with Crippen LogP contribution in [0, 0.1) is 40.4 Å². The predicted octanol–water partition coefficient (Wildman–Crippen LogP) is 4.13. The summed E-state index contributed by atoms with van der Waals surface area (Å²) in [5.41, 5.74) is 4.23. The fraction of sp³-hybridized carbons (Fsp3) is 0.350. The van der Waals surface area contributed by atoms with Crippen LogP contribution in [0.2, 0.25) is 0 Å². The average Bonchev–Trinajstić information content (AvgIpc) is 3.06. The zero-order valence-electron chi connectivity index (χ0n) is 16.5. The van der Waals surface area contributed by atoms with E-state index in [0.29, 0.717) is 23.4 Å². The van der Waals surface area contributed by atoms with Crippen molar-refractivity contribution in [2.75, 3.05) is 22.8 Å². The fourth-order valence-electron chi connectivity index (χ4n) is 3.45. The second-order valence-electron chi connectivity index (χ2n) is 6.99. The molecule has 0 unspecified atom stereocenters. The molecule has 1 aliphatic heterocycles. The van der Waals surface area contributed by atoms with Crippen LogP contribution >= 0.6 is 0 Å². The highest BCUT2D eigenvalue weighted by molar-refractivity contribution is 7.92. The molecule has 150 valence electrons. The minimum atomic E-state index is -4.04. The Kier molecular flexibility index (Phi) is 5.10. The molecular weight excluding hydrogens is 383 g/mol. The highest BCUT2D eigenvalue weighted by Crippen LogP contribution is 2.32. The summed E-state index contributed by atoms with van der Waals surface area (Å²) in [6.45, 7) is 9.74. The van der Waals surface area contributed by atoms with Crippen molar-refractivity contribution in [2.24, 2.45) is 0 Å². The molecule has 0 radical (unpaired) electrons. The Morgan fingerprint density at radius 2 is 1.57 bits per heavy atom. The zero-order chi connectivity index (χ0) is 20.8. The maximum atomic E-state index is 14.4. The van der Waals surface area contributed by atoms with E-state index in [1.165, 1.54) is 17.0 Å². The number of benzene rings is 2. The number of ether oxygens (including phenoxy) is 1. The number of anilines is 2. The minimum absolute atomic E-state index is 0.151. The van der Waals surface area contributed by atoms with Crippen LogP contribution in [0.3, 0.4) is 0 Å². The number of amides is 1. The Balaban J connectivity index is 2.06. The summed E-state index contributed by atoms with van der Waals surface area (Å²) in [6, 6.07) is 3.85. The number of halogens is 1. The first kappa shape index (κ1) is 20.1. The summed E-state index contributed by atoms with van der Waals surface area (Å²) >= 11 is 0. The van der Waals surface area contributed by atoms with Gasteiger partial charge in [0.05, 0.1) is 17.1 Å². The maximum Gasteiger partial charge on any atom is 0.414 e. The molecule has 8 heteroatoms. The molecule has 1 heterocycles. The van der Waals surface area contributed by atoms with Crippen LogP contribution < -0.4 is 9.62 Å². The third-order valence-corrected chi connectivity index (χ3v) is 7.11. The van der Waals surface area contributed by atoms with Gasteiger partial charge in [0.2, 0.25) is 0 Å². The average molecular weight is 406 g/mol. The topological polar surface area (TPSA) is 75.7 Å². The third kappa shape index (κ3) is 3.32. The smallest absolute Gasteiger partial charge is 0.414 e. The molecule has 0 bridgehead atoms. The predicted molar refractivity (Wildman–Crippen MR) is 106 cm³/mol. The van der Waals surface area contributed by atoms with Gasteiger partial charge in [-0.2, -0.15) is 0 Å². The van der Waals surface area contributed by atoms with Crippen molar-refractivity contribution >= 4 is 27.5 Å². The van der Waals surface area contributed by atoms with Gasteiger partial charge in [0, 0.05) is 5.69 Å². The number of nitrogens with one attached hydrogen (secondary N) is 1. The normalized spacial score (nSPS) is 14.4. The van der Waals surface area contributed by atoms with E-state index in [0.717, 1.165) is 22.8 Å². The molecule has 1 N–H and O–H groups in total. The molecule has 1 amide bonds. The van der Waals surface area contributed by atoms with Gasteiger partial charge in [-0.3, -0.25) is 9.62 Å². The quantitative estimate of drug-likeness (QED) is 0.829. The first-order chi connectivity index (χ1) is 13.0. The largest absolute Gasteiger partial charge is 0.447 e. The lowest BCUT2D eigenvalue weighted by Crippen LogP contribution is -2.24. The molecule has 1 fully saturated rings. The Hall–Kier alpha value is -2.61. The van der Waals surface area contributed by atoms with Crippen molar-refractivity contribution in [1.82, 2.24) is 0 Å². The molecule has 28 heavy (non-hydrogen) atoms. The SMILES string of the molecule is Cc1c(C)c(C)c(S(=O)(=O)Nc2cc(N3CCOC3=O)ccc2F)c(C)c1C. The Morgan fingerprint density at radius 3 is 2.11 bits per heavy atom. The molecule has 1 aliphatic rings. The van der Waals surface area contributed by atoms with Crippen molar-refractivity contribution in [3.8, 4) is 0 Å². The lowest BCUT2D eigenvalue weighted by atomic mass is 9.95. The minimum Gasteiger partial charge on any atom is -0.447 e. The van der Waals surface area contributed by atoms with Gasteiger partial charge in [-0.05, 0) is 80.6 Å². The molecule has 0 saturated carbocycles. The summed E-state index contributed by atoms with van der Waals surface area (Å²) < 4.78 is 47.9. The van der Waals surface area contributed by atoms with E-state index in [4.69, 9.17) is 4.74 Å². The van der Waals surface area contributed by atoms with Crippen LogP contribution in [0.1, 0.15) is 27.8 Å². The van der Waals surface area contributed by atoms with Crippen molar-refractivity contribution in [3.05, 3.63) is 51.8 Å². The lowest BCUT2D eigenvalue weighted by Gasteiger charge is -2.20. The van der Waals surface area contributed by atoms with Crippen molar-refractivity contribution in [1.29, 1.82) is 0 Å². The molecule has 0 aromatic heterocycles. The van der Waals surface area contributed by atoms with Crippen LogP contribution in [0.4, 0.5) is 20.6 Å². The summed E-state index contributed by atoms with van der Waals surface area (Å²) in [4.78, 5) is 13.2. The van der Waals surface area contributed by atoms with E-state index < -0.39 is 21.9 Å². The fourth-order valence-corrected chi connectivity index (χ4v) is 5.11. The van der Waals surface area contributed by atoms with E-state index in [2.05, 4.69) is 4.72 Å². The van der Waals surface area contributed by atoms with Gasteiger partial charge in [0.15, 0.2) is 0 Å². The van der Waals surface area contributed by atoms with Gasteiger partial charge in [-0.1, -0.05) is 0 Å². The molecule has 0 atom stereocenters. The second kappa shape index (κ2) is 7.09. The number of carbonyl (C=O) groups excluding carboxylic acids is 1. The van der Waals surface area contributed by atoms with Crippen LogP contribution in [0.25, 0.3) is 0 Å². The summed E-state index contributed by atoms with van der Waals surface area (Å²) in [6.07, 6.45) is -0.545. The van der Waals surface area contributed by atoms with Gasteiger partial charge in [-0.25, -0.2) is 17.6 Å². The van der Waals surface area contributed by atoms with Crippen LogP contribution in [0.5, 0.6) is 0 Å². The molecule has 1 saturated heterocycles. The van der Waals surface area contributed by atoms with Gasteiger partial charge in [-0.15, -0.1) is 0 Å². The molecule has 2 aromatic carbocycles. The molecule has 0 spiro atoms. The number of rotatable bonds is 4. The number of nitrogens with zero attached hydrogens (tertiary/aromatic N) is 1. The van der Waals surface area contributed by atoms with Crippen LogP contribution in [0.15, 0.2) is 23.1 Å². The standard InChI is InChI=1S/C20H23FN2O4S/c1-11-12(2)14(4)19(15(5)13(11)3)28(25,26)22-18-10-16(6-7-17(18)21)23-8-9-27-20(23)24/h6-7,10,22H,8-9H2,1-5H3. The molecule has 0 aliphatic carbocycles. The van der Waals surface area contributed by atoms with Gasteiger partial charge < -0.3 is 4.74 Å². The Bertz CT molecular complexity index is 1050. The Morgan fingerprint density at radius 1 is 1.00 bits per heavy atom. The molecule has 2 aromatic rings. The number of carbonyl (C=O) groups is 1. The number of sulfonamides is 1. The summed E-state index contributed by atoms with van der Waals surface area (Å²) in [5, 5.41) is 0. The van der Waals surface area contributed by atoms with E-state index >= 15 is 0 Å². The Labute approximate surface area is 164 Å². The van der Waals surface area contributed by atoms with Crippen molar-refractivity contribution in [2.45, 2.75) is 39.5 Å². The van der Waals surface area contributed by atoms with Crippen molar-refractivity contribution in [3.63, 3.8) is 0 Å². The zero-order valence-corrected chi connectivity index (χ0v) is 17.3. The van der Waals surface area contributed by atoms with Crippen LogP contribution in [-0.2, 0) is 14.8 Å². The number of cyclic esters (lactones) is 1. The number of hydrogen-bond acceptors (Lipinski definition) is 4. The molecule has 3 rings (SSSR count). The summed E-state index contributed by atoms with van der Waals surface area (Å²) in [7, 11) is -4.04. The first-order valence-corrected chi connectivity index (χ1v) is 10.4. The van der Waals surface area contributed by atoms with Crippen molar-refractivity contribution < 1.29 is 22.3 Å².